The molecule has 0 fully saturated rings. The normalized spacial score (nSPS) is 11.6. The fourth-order valence-electron chi connectivity index (χ4n) is 1.06. The third kappa shape index (κ3) is 4.10. The van der Waals surface area contributed by atoms with Crippen molar-refractivity contribution in [1.82, 2.24) is 0 Å². The Morgan fingerprint density at radius 2 is 1.53 bits per heavy atom. The third-order valence-corrected chi connectivity index (χ3v) is 2.62. The van der Waals surface area contributed by atoms with Gasteiger partial charge >= 0.3 is 0 Å². The lowest BCUT2D eigenvalue weighted by Gasteiger charge is -2.20. The highest BCUT2D eigenvalue weighted by Gasteiger charge is 2.13. The summed E-state index contributed by atoms with van der Waals surface area (Å²) in [6, 6.07) is 3.36. The summed E-state index contributed by atoms with van der Waals surface area (Å²) in [5.41, 5.74) is 0.921. The minimum Gasteiger partial charge on any atom is -0.382 e. The lowest BCUT2D eigenvalue weighted by molar-refractivity contribution is 0.443. The fraction of sp³-hybridized carbons (Fsp3) is 0.455. The Morgan fingerprint density at radius 3 is 1.93 bits per heavy atom. The molecule has 15 heavy (non-hydrogen) atoms. The number of hydrogen-bond acceptors (Lipinski definition) is 1. The topological polar surface area (TPSA) is 12.0 Å². The molecule has 0 aliphatic heterocycles. The van der Waals surface area contributed by atoms with Crippen molar-refractivity contribution in [1.29, 1.82) is 0 Å². The van der Waals surface area contributed by atoms with Crippen LogP contribution in [0.1, 0.15) is 20.8 Å². The molecule has 1 nitrogen and oxygen atoms in total. The van der Waals surface area contributed by atoms with Crippen LogP contribution in [0.2, 0.25) is 15.1 Å². The van der Waals surface area contributed by atoms with Crippen LogP contribution in [-0.2, 0) is 0 Å². The molecule has 0 heterocycles. The van der Waals surface area contributed by atoms with Gasteiger partial charge in [0.05, 0.1) is 15.7 Å². The fourth-order valence-corrected chi connectivity index (χ4v) is 2.02. The standard InChI is InChI=1S/C11H14Cl3N/c1-11(2,3)6-15-10-8(13)4-7(12)5-9(10)14/h4-5,15H,6H2,1-3H3. The zero-order chi connectivity index (χ0) is 11.6. The number of rotatable bonds is 2. The van der Waals surface area contributed by atoms with Crippen LogP contribution in [0.15, 0.2) is 12.1 Å². The van der Waals surface area contributed by atoms with Gasteiger partial charge in [0.2, 0.25) is 0 Å². The van der Waals surface area contributed by atoms with Gasteiger partial charge in [0, 0.05) is 11.6 Å². The van der Waals surface area contributed by atoms with Gasteiger partial charge in [0.15, 0.2) is 0 Å². The van der Waals surface area contributed by atoms with Crippen LogP contribution in [0, 0.1) is 5.41 Å². The molecule has 0 bridgehead atoms. The zero-order valence-corrected chi connectivity index (χ0v) is 11.3. The van der Waals surface area contributed by atoms with Crippen LogP contribution in [0.4, 0.5) is 5.69 Å². The summed E-state index contributed by atoms with van der Waals surface area (Å²) in [6.07, 6.45) is 0. The number of benzene rings is 1. The summed E-state index contributed by atoms with van der Waals surface area (Å²) in [7, 11) is 0. The van der Waals surface area contributed by atoms with Gasteiger partial charge in [0.1, 0.15) is 0 Å². The first-order chi connectivity index (χ1) is 6.79. The number of halogens is 3. The van der Waals surface area contributed by atoms with Crippen LogP contribution in [-0.4, -0.2) is 6.54 Å². The molecule has 0 unspecified atom stereocenters. The highest BCUT2D eigenvalue weighted by molar-refractivity contribution is 6.41. The minimum atomic E-state index is 0.173. The van der Waals surface area contributed by atoms with Gasteiger partial charge in [-0.2, -0.15) is 0 Å². The summed E-state index contributed by atoms with van der Waals surface area (Å²) < 4.78 is 0. The second-order valence-electron chi connectivity index (χ2n) is 4.66. The van der Waals surface area contributed by atoms with Gasteiger partial charge in [-0.3, -0.25) is 0 Å². The Morgan fingerprint density at radius 1 is 1.07 bits per heavy atom. The van der Waals surface area contributed by atoms with Gasteiger partial charge in [-0.25, -0.2) is 0 Å². The second-order valence-corrected chi connectivity index (χ2v) is 5.91. The van der Waals surface area contributed by atoms with Crippen LogP contribution < -0.4 is 5.32 Å². The Bertz CT molecular complexity index is 332. The predicted octanol–water partition coefficient (Wildman–Crippen LogP) is 5.10. The highest BCUT2D eigenvalue weighted by atomic mass is 35.5. The number of hydrogen-bond donors (Lipinski definition) is 1. The molecule has 0 amide bonds. The van der Waals surface area contributed by atoms with Gasteiger partial charge in [-0.15, -0.1) is 0 Å². The molecule has 0 spiro atoms. The summed E-state index contributed by atoms with van der Waals surface area (Å²) in [5.74, 6) is 0. The van der Waals surface area contributed by atoms with E-state index in [9.17, 15) is 0 Å². The Balaban J connectivity index is 2.86. The van der Waals surface area contributed by atoms with Crippen molar-refractivity contribution in [2.24, 2.45) is 5.41 Å². The maximum Gasteiger partial charge on any atom is 0.0720 e. The molecular weight excluding hydrogens is 252 g/mol. The summed E-state index contributed by atoms with van der Waals surface area (Å²) in [5, 5.41) is 4.88. The first kappa shape index (κ1) is 13.0. The van der Waals surface area contributed by atoms with E-state index in [-0.39, 0.29) is 5.41 Å². The van der Waals surface area contributed by atoms with E-state index < -0.39 is 0 Å². The maximum atomic E-state index is 6.03. The monoisotopic (exact) mass is 265 g/mol. The largest absolute Gasteiger partial charge is 0.382 e. The van der Waals surface area contributed by atoms with Crippen molar-refractivity contribution in [2.75, 3.05) is 11.9 Å². The van der Waals surface area contributed by atoms with Crippen molar-refractivity contribution in [2.45, 2.75) is 20.8 Å². The first-order valence-corrected chi connectivity index (χ1v) is 5.81. The molecule has 0 saturated heterocycles. The van der Waals surface area contributed by atoms with Crippen molar-refractivity contribution < 1.29 is 0 Å². The molecule has 4 heteroatoms. The highest BCUT2D eigenvalue weighted by Crippen LogP contribution is 2.34. The van der Waals surface area contributed by atoms with Crippen molar-refractivity contribution in [3.63, 3.8) is 0 Å². The summed E-state index contributed by atoms with van der Waals surface area (Å²) >= 11 is 17.9. The van der Waals surface area contributed by atoms with Crippen LogP contribution >= 0.6 is 34.8 Å². The van der Waals surface area contributed by atoms with E-state index in [0.29, 0.717) is 15.1 Å². The quantitative estimate of drug-likeness (QED) is 0.785. The van der Waals surface area contributed by atoms with Crippen molar-refractivity contribution >= 4 is 40.5 Å². The van der Waals surface area contributed by atoms with E-state index >= 15 is 0 Å². The van der Waals surface area contributed by atoms with Crippen molar-refractivity contribution in [3.05, 3.63) is 27.2 Å². The molecule has 0 saturated carbocycles. The number of nitrogens with one attached hydrogen (secondary N) is 1. The molecule has 0 atom stereocenters. The first-order valence-electron chi connectivity index (χ1n) is 4.68. The Kier molecular flexibility index (Phi) is 4.16. The summed E-state index contributed by atoms with van der Waals surface area (Å²) in [4.78, 5) is 0. The number of anilines is 1. The van der Waals surface area contributed by atoms with E-state index in [0.717, 1.165) is 12.2 Å². The smallest absolute Gasteiger partial charge is 0.0720 e. The molecular formula is C11H14Cl3N. The van der Waals surface area contributed by atoms with Crippen molar-refractivity contribution in [3.8, 4) is 0 Å². The average Bonchev–Trinajstić information content (AvgIpc) is 1.99. The molecule has 0 radical (unpaired) electrons. The van der Waals surface area contributed by atoms with Gasteiger partial charge in [-0.1, -0.05) is 55.6 Å². The molecule has 0 aliphatic carbocycles. The van der Waals surface area contributed by atoms with E-state index in [1.807, 2.05) is 0 Å². The van der Waals surface area contributed by atoms with Crippen LogP contribution in [0.3, 0.4) is 0 Å². The zero-order valence-electron chi connectivity index (χ0n) is 9.00. The van der Waals surface area contributed by atoms with Gasteiger partial charge < -0.3 is 5.32 Å². The maximum absolute atomic E-state index is 6.03. The van der Waals surface area contributed by atoms with Gasteiger partial charge in [0.25, 0.3) is 0 Å². The predicted molar refractivity (Wildman–Crippen MR) is 69.4 cm³/mol. The van der Waals surface area contributed by atoms with Gasteiger partial charge in [-0.05, 0) is 17.5 Å². The lowest BCUT2D eigenvalue weighted by Crippen LogP contribution is -2.19. The third-order valence-electron chi connectivity index (χ3n) is 1.80. The second kappa shape index (κ2) is 4.82. The van der Waals surface area contributed by atoms with E-state index in [2.05, 4.69) is 26.1 Å². The molecule has 1 N–H and O–H groups in total. The molecule has 0 aromatic heterocycles. The Labute approximate surface area is 106 Å². The molecule has 0 aliphatic rings. The lowest BCUT2D eigenvalue weighted by atomic mass is 9.97. The average molecular weight is 267 g/mol. The summed E-state index contributed by atoms with van der Waals surface area (Å²) in [6.45, 7) is 7.21. The molecule has 84 valence electrons. The van der Waals surface area contributed by atoms with Crippen LogP contribution in [0.5, 0.6) is 0 Å². The molecule has 1 aromatic rings. The van der Waals surface area contributed by atoms with Crippen LogP contribution in [0.25, 0.3) is 0 Å². The Hall–Kier alpha value is -0.110. The minimum absolute atomic E-state index is 0.173. The van der Waals surface area contributed by atoms with E-state index in [1.165, 1.54) is 0 Å². The molecule has 1 aromatic carbocycles. The van der Waals surface area contributed by atoms with E-state index in [1.54, 1.807) is 12.1 Å². The molecule has 1 rings (SSSR count). The SMILES string of the molecule is CC(C)(C)CNc1c(Cl)cc(Cl)cc1Cl. The van der Waals surface area contributed by atoms with E-state index in [4.69, 9.17) is 34.8 Å².